The van der Waals surface area contributed by atoms with E-state index in [-0.39, 0.29) is 0 Å². The van der Waals surface area contributed by atoms with Gasteiger partial charge in [0.1, 0.15) is 0 Å². The minimum atomic E-state index is 0.406. The number of nitrogens with two attached hydrogens (primary N) is 1. The maximum atomic E-state index is 5.57. The van der Waals surface area contributed by atoms with E-state index in [4.69, 9.17) is 5.73 Å². The molecule has 0 amide bonds. The third-order valence-corrected chi connectivity index (χ3v) is 2.75. The van der Waals surface area contributed by atoms with Gasteiger partial charge in [0.2, 0.25) is 0 Å². The Hall–Kier alpha value is -0.890. The third-order valence-electron chi connectivity index (χ3n) is 2.75. The fraction of sp³-hybridized carbons (Fsp3) is 0.500. The van der Waals surface area contributed by atoms with E-state index in [0.29, 0.717) is 5.41 Å². The molecule has 0 aromatic carbocycles. The van der Waals surface area contributed by atoms with E-state index in [9.17, 15) is 0 Å². The van der Waals surface area contributed by atoms with Crippen molar-refractivity contribution in [3.63, 3.8) is 0 Å². The summed E-state index contributed by atoms with van der Waals surface area (Å²) in [7, 11) is 0. The number of hydrogen-bond donors (Lipinski definition) is 1. The molecule has 1 fully saturated rings. The summed E-state index contributed by atoms with van der Waals surface area (Å²) < 4.78 is 0. The van der Waals surface area contributed by atoms with Crippen LogP contribution in [0.1, 0.15) is 24.8 Å². The molecule has 1 aliphatic carbocycles. The largest absolute Gasteiger partial charge is 0.330 e. The van der Waals surface area contributed by atoms with E-state index in [1.165, 1.54) is 18.4 Å². The van der Waals surface area contributed by atoms with Crippen molar-refractivity contribution in [3.8, 4) is 0 Å². The predicted molar refractivity (Wildman–Crippen MR) is 48.8 cm³/mol. The topological polar surface area (TPSA) is 38.9 Å². The van der Waals surface area contributed by atoms with E-state index in [1.54, 1.807) is 0 Å². The average Bonchev–Trinajstić information content (AvgIpc) is 2.88. The molecule has 12 heavy (non-hydrogen) atoms. The first-order valence-electron chi connectivity index (χ1n) is 4.48. The molecule has 2 heteroatoms. The lowest BCUT2D eigenvalue weighted by molar-refractivity contribution is 0.626. The van der Waals surface area contributed by atoms with Gasteiger partial charge in [-0.2, -0.15) is 0 Å². The van der Waals surface area contributed by atoms with Gasteiger partial charge in [-0.25, -0.2) is 0 Å². The Labute approximate surface area is 72.8 Å². The summed E-state index contributed by atoms with van der Waals surface area (Å²) in [4.78, 5) is 4.13. The van der Waals surface area contributed by atoms with Crippen molar-refractivity contribution >= 4 is 0 Å². The van der Waals surface area contributed by atoms with Crippen LogP contribution in [0.25, 0.3) is 0 Å². The van der Waals surface area contributed by atoms with Gasteiger partial charge in [0.15, 0.2) is 0 Å². The minimum Gasteiger partial charge on any atom is -0.330 e. The van der Waals surface area contributed by atoms with Crippen molar-refractivity contribution < 1.29 is 0 Å². The molecule has 1 aliphatic rings. The monoisotopic (exact) mass is 162 g/mol. The van der Waals surface area contributed by atoms with Crippen LogP contribution in [0.3, 0.4) is 0 Å². The van der Waals surface area contributed by atoms with Crippen molar-refractivity contribution in [2.45, 2.75) is 24.7 Å². The Morgan fingerprint density at radius 2 is 2.33 bits per heavy atom. The molecule has 1 aromatic heterocycles. The third kappa shape index (κ3) is 1.23. The zero-order chi connectivity index (χ0) is 8.44. The highest BCUT2D eigenvalue weighted by Gasteiger charge is 2.43. The van der Waals surface area contributed by atoms with Gasteiger partial charge >= 0.3 is 0 Å². The summed E-state index contributed by atoms with van der Waals surface area (Å²) in [6, 6.07) is 4.17. The lowest BCUT2D eigenvalue weighted by Crippen LogP contribution is -2.13. The maximum Gasteiger partial charge on any atom is 0.0305 e. The van der Waals surface area contributed by atoms with Gasteiger partial charge in [-0.15, -0.1) is 0 Å². The number of aromatic nitrogens is 1. The average molecular weight is 162 g/mol. The van der Waals surface area contributed by atoms with Crippen molar-refractivity contribution in [1.29, 1.82) is 0 Å². The summed E-state index contributed by atoms with van der Waals surface area (Å²) in [6.45, 7) is 0.787. The molecule has 0 spiro atoms. The van der Waals surface area contributed by atoms with Crippen molar-refractivity contribution in [3.05, 3.63) is 30.1 Å². The molecule has 0 bridgehead atoms. The molecule has 0 aliphatic heterocycles. The van der Waals surface area contributed by atoms with Crippen LogP contribution in [0.5, 0.6) is 0 Å². The maximum absolute atomic E-state index is 5.57. The molecule has 2 rings (SSSR count). The van der Waals surface area contributed by atoms with Gasteiger partial charge < -0.3 is 5.73 Å². The lowest BCUT2D eigenvalue weighted by atomic mass is 9.94. The number of hydrogen-bond acceptors (Lipinski definition) is 2. The van der Waals surface area contributed by atoms with Crippen molar-refractivity contribution in [1.82, 2.24) is 4.98 Å². The number of pyridine rings is 1. The normalized spacial score (nSPS) is 19.1. The van der Waals surface area contributed by atoms with Crippen molar-refractivity contribution in [2.75, 3.05) is 6.54 Å². The molecule has 0 saturated heterocycles. The first-order chi connectivity index (χ1) is 5.87. The van der Waals surface area contributed by atoms with Crippen LogP contribution in [0.15, 0.2) is 24.5 Å². The number of nitrogens with zero attached hydrogens (tertiary/aromatic N) is 1. The fourth-order valence-corrected chi connectivity index (χ4v) is 1.79. The zero-order valence-electron chi connectivity index (χ0n) is 7.16. The highest BCUT2D eigenvalue weighted by atomic mass is 14.6. The molecular formula is C10H14N2. The number of rotatable bonds is 3. The molecule has 0 unspecified atom stereocenters. The Balaban J connectivity index is 2.19. The lowest BCUT2D eigenvalue weighted by Gasteiger charge is -2.12. The molecular weight excluding hydrogens is 148 g/mol. The molecule has 64 valence electrons. The Morgan fingerprint density at radius 3 is 2.83 bits per heavy atom. The highest BCUT2D eigenvalue weighted by Crippen LogP contribution is 2.50. The standard InChI is InChI=1S/C10H14N2/c11-6-5-10(3-4-10)9-2-1-7-12-8-9/h1-2,7-8H,3-6,11H2. The van der Waals surface area contributed by atoms with Crippen LogP contribution in [-0.4, -0.2) is 11.5 Å². The molecule has 1 saturated carbocycles. The highest BCUT2D eigenvalue weighted by molar-refractivity contribution is 5.28. The minimum absolute atomic E-state index is 0.406. The van der Waals surface area contributed by atoms with Gasteiger partial charge in [0.25, 0.3) is 0 Å². The molecule has 1 aromatic rings. The molecule has 2 nitrogen and oxygen atoms in total. The van der Waals surface area contributed by atoms with E-state index in [2.05, 4.69) is 11.1 Å². The quantitative estimate of drug-likeness (QED) is 0.730. The summed E-state index contributed by atoms with van der Waals surface area (Å²) in [5.41, 5.74) is 7.35. The van der Waals surface area contributed by atoms with Gasteiger partial charge in [-0.1, -0.05) is 6.07 Å². The second-order valence-electron chi connectivity index (χ2n) is 3.56. The van der Waals surface area contributed by atoms with E-state index in [0.717, 1.165) is 13.0 Å². The Morgan fingerprint density at radius 1 is 1.50 bits per heavy atom. The Bertz CT molecular complexity index is 252. The van der Waals surface area contributed by atoms with Gasteiger partial charge in [0, 0.05) is 12.4 Å². The van der Waals surface area contributed by atoms with E-state index in [1.807, 2.05) is 18.5 Å². The first kappa shape index (κ1) is 7.74. The van der Waals surface area contributed by atoms with E-state index < -0.39 is 0 Å². The molecule has 0 radical (unpaired) electrons. The second kappa shape index (κ2) is 2.87. The van der Waals surface area contributed by atoms with Crippen LogP contribution < -0.4 is 5.73 Å². The van der Waals surface area contributed by atoms with Crippen LogP contribution in [0.2, 0.25) is 0 Å². The summed E-state index contributed by atoms with van der Waals surface area (Å²) in [6.07, 6.45) is 7.48. The van der Waals surface area contributed by atoms with E-state index >= 15 is 0 Å². The van der Waals surface area contributed by atoms with Gasteiger partial charge in [-0.3, -0.25) is 4.98 Å². The second-order valence-corrected chi connectivity index (χ2v) is 3.56. The smallest absolute Gasteiger partial charge is 0.0305 e. The fourth-order valence-electron chi connectivity index (χ4n) is 1.79. The summed E-state index contributed by atoms with van der Waals surface area (Å²) in [5, 5.41) is 0. The van der Waals surface area contributed by atoms with Crippen LogP contribution in [0.4, 0.5) is 0 Å². The molecule has 1 heterocycles. The zero-order valence-corrected chi connectivity index (χ0v) is 7.16. The van der Waals surface area contributed by atoms with Crippen molar-refractivity contribution in [2.24, 2.45) is 5.73 Å². The SMILES string of the molecule is NCCC1(c2cccnc2)CC1. The summed E-state index contributed by atoms with van der Waals surface area (Å²) in [5.74, 6) is 0. The molecule has 0 atom stereocenters. The Kier molecular flexibility index (Phi) is 1.85. The first-order valence-corrected chi connectivity index (χ1v) is 4.48. The van der Waals surface area contributed by atoms with Crippen LogP contribution in [-0.2, 0) is 5.41 Å². The predicted octanol–water partition coefficient (Wildman–Crippen LogP) is 1.46. The van der Waals surface area contributed by atoms with Gasteiger partial charge in [0.05, 0.1) is 0 Å². The van der Waals surface area contributed by atoms with Gasteiger partial charge in [-0.05, 0) is 42.9 Å². The summed E-state index contributed by atoms with van der Waals surface area (Å²) >= 11 is 0. The molecule has 2 N–H and O–H groups in total. The van der Waals surface area contributed by atoms with Crippen LogP contribution >= 0.6 is 0 Å². The van der Waals surface area contributed by atoms with Crippen LogP contribution in [0, 0.1) is 0 Å².